The number of nitrogens with zero attached hydrogens (tertiary/aromatic N) is 1. The van der Waals surface area contributed by atoms with E-state index in [2.05, 4.69) is 31.3 Å². The SMILES string of the molecule is CC(C)C(c1ccccc1)N(C)C(=O)C1CCNCC1. The number of benzene rings is 1. The minimum Gasteiger partial charge on any atom is -0.338 e. The van der Waals surface area contributed by atoms with Crippen LogP contribution in [0.5, 0.6) is 0 Å². The quantitative estimate of drug-likeness (QED) is 0.915. The highest BCUT2D eigenvalue weighted by Gasteiger charge is 2.30. The Kier molecular flexibility index (Phi) is 5.18. The smallest absolute Gasteiger partial charge is 0.226 e. The Morgan fingerprint density at radius 3 is 2.35 bits per heavy atom. The highest BCUT2D eigenvalue weighted by molar-refractivity contribution is 5.79. The Labute approximate surface area is 122 Å². The summed E-state index contributed by atoms with van der Waals surface area (Å²) < 4.78 is 0. The third kappa shape index (κ3) is 3.40. The van der Waals surface area contributed by atoms with Crippen molar-refractivity contribution in [1.82, 2.24) is 10.2 Å². The highest BCUT2D eigenvalue weighted by atomic mass is 16.2. The standard InChI is InChI=1S/C17H26N2O/c1-13(2)16(14-7-5-4-6-8-14)19(3)17(20)15-9-11-18-12-10-15/h4-8,13,15-16,18H,9-12H2,1-3H3. The van der Waals surface area contributed by atoms with Gasteiger partial charge in [-0.2, -0.15) is 0 Å². The lowest BCUT2D eigenvalue weighted by atomic mass is 9.91. The van der Waals surface area contributed by atoms with E-state index in [0.29, 0.717) is 11.8 Å². The van der Waals surface area contributed by atoms with Crippen LogP contribution >= 0.6 is 0 Å². The molecule has 1 aliphatic rings. The molecule has 1 aromatic carbocycles. The van der Waals surface area contributed by atoms with E-state index in [1.54, 1.807) is 0 Å². The van der Waals surface area contributed by atoms with Gasteiger partial charge in [-0.3, -0.25) is 4.79 Å². The maximum atomic E-state index is 12.7. The van der Waals surface area contributed by atoms with Gasteiger partial charge in [0.25, 0.3) is 0 Å². The molecule has 20 heavy (non-hydrogen) atoms. The fraction of sp³-hybridized carbons (Fsp3) is 0.588. The molecular formula is C17H26N2O. The number of piperidine rings is 1. The minimum absolute atomic E-state index is 0.165. The lowest BCUT2D eigenvalue weighted by Gasteiger charge is -2.35. The molecule has 0 saturated carbocycles. The van der Waals surface area contributed by atoms with Crippen molar-refractivity contribution in [1.29, 1.82) is 0 Å². The molecule has 0 bridgehead atoms. The number of rotatable bonds is 4. The normalized spacial score (nSPS) is 18.0. The second kappa shape index (κ2) is 6.89. The number of hydrogen-bond acceptors (Lipinski definition) is 2. The molecule has 1 heterocycles. The monoisotopic (exact) mass is 274 g/mol. The summed E-state index contributed by atoms with van der Waals surface area (Å²) in [6.45, 7) is 6.29. The van der Waals surface area contributed by atoms with E-state index in [9.17, 15) is 4.79 Å². The highest BCUT2D eigenvalue weighted by Crippen LogP contribution is 2.29. The first-order valence-corrected chi connectivity index (χ1v) is 7.63. The van der Waals surface area contributed by atoms with E-state index in [1.807, 2.05) is 30.1 Å². The Balaban J connectivity index is 2.14. The molecule has 0 aromatic heterocycles. The summed E-state index contributed by atoms with van der Waals surface area (Å²) >= 11 is 0. The van der Waals surface area contributed by atoms with Crippen LogP contribution in [0.3, 0.4) is 0 Å². The third-order valence-corrected chi connectivity index (χ3v) is 4.23. The maximum absolute atomic E-state index is 12.7. The zero-order valence-corrected chi connectivity index (χ0v) is 12.8. The van der Waals surface area contributed by atoms with Crippen molar-refractivity contribution in [2.24, 2.45) is 11.8 Å². The molecule has 3 heteroatoms. The maximum Gasteiger partial charge on any atom is 0.226 e. The molecular weight excluding hydrogens is 248 g/mol. The van der Waals surface area contributed by atoms with Gasteiger partial charge in [0.1, 0.15) is 0 Å². The predicted octanol–water partition coefficient (Wildman–Crippen LogP) is 2.84. The van der Waals surface area contributed by atoms with Crippen LogP contribution in [0.25, 0.3) is 0 Å². The van der Waals surface area contributed by atoms with Gasteiger partial charge in [0.15, 0.2) is 0 Å². The minimum atomic E-state index is 0.165. The van der Waals surface area contributed by atoms with E-state index in [1.165, 1.54) is 5.56 Å². The average Bonchev–Trinajstić information content (AvgIpc) is 2.48. The van der Waals surface area contributed by atoms with E-state index in [-0.39, 0.29) is 12.0 Å². The Bertz CT molecular complexity index is 424. The lowest BCUT2D eigenvalue weighted by molar-refractivity contribution is -0.138. The van der Waals surface area contributed by atoms with E-state index in [0.717, 1.165) is 25.9 Å². The molecule has 0 spiro atoms. The van der Waals surface area contributed by atoms with Crippen LogP contribution in [0, 0.1) is 11.8 Å². The van der Waals surface area contributed by atoms with Crippen molar-refractivity contribution in [2.45, 2.75) is 32.7 Å². The predicted molar refractivity (Wildman–Crippen MR) is 82.4 cm³/mol. The number of nitrogens with one attached hydrogen (secondary N) is 1. The second-order valence-corrected chi connectivity index (χ2v) is 6.07. The zero-order chi connectivity index (χ0) is 14.5. The lowest BCUT2D eigenvalue weighted by Crippen LogP contribution is -2.42. The summed E-state index contributed by atoms with van der Waals surface area (Å²) in [6.07, 6.45) is 1.92. The molecule has 1 unspecified atom stereocenters. The van der Waals surface area contributed by atoms with Crippen molar-refractivity contribution >= 4 is 5.91 Å². The molecule has 1 N–H and O–H groups in total. The molecule has 1 atom stereocenters. The molecule has 110 valence electrons. The van der Waals surface area contributed by atoms with Crippen LogP contribution in [0.2, 0.25) is 0 Å². The van der Waals surface area contributed by atoms with Gasteiger partial charge < -0.3 is 10.2 Å². The molecule has 0 radical (unpaired) electrons. The van der Waals surface area contributed by atoms with Crippen molar-refractivity contribution in [3.63, 3.8) is 0 Å². The van der Waals surface area contributed by atoms with Crippen LogP contribution in [-0.2, 0) is 4.79 Å². The number of amides is 1. The zero-order valence-electron chi connectivity index (χ0n) is 12.8. The Morgan fingerprint density at radius 1 is 1.20 bits per heavy atom. The first-order valence-electron chi connectivity index (χ1n) is 7.63. The van der Waals surface area contributed by atoms with Gasteiger partial charge in [-0.15, -0.1) is 0 Å². The molecule has 3 nitrogen and oxygen atoms in total. The summed E-state index contributed by atoms with van der Waals surface area (Å²) in [5.74, 6) is 0.897. The molecule has 2 rings (SSSR count). The van der Waals surface area contributed by atoms with Crippen LogP contribution in [0.15, 0.2) is 30.3 Å². The number of carbonyl (C=O) groups is 1. The first-order chi connectivity index (χ1) is 9.61. The van der Waals surface area contributed by atoms with Crippen molar-refractivity contribution in [2.75, 3.05) is 20.1 Å². The van der Waals surface area contributed by atoms with Crippen molar-refractivity contribution in [3.8, 4) is 0 Å². The third-order valence-electron chi connectivity index (χ3n) is 4.23. The fourth-order valence-corrected chi connectivity index (χ4v) is 3.20. The Hall–Kier alpha value is -1.35. The Morgan fingerprint density at radius 2 is 1.80 bits per heavy atom. The molecule has 1 aromatic rings. The van der Waals surface area contributed by atoms with Gasteiger partial charge in [0.2, 0.25) is 5.91 Å². The van der Waals surface area contributed by atoms with E-state index < -0.39 is 0 Å². The van der Waals surface area contributed by atoms with E-state index in [4.69, 9.17) is 0 Å². The summed E-state index contributed by atoms with van der Waals surface area (Å²) in [5.41, 5.74) is 1.23. The van der Waals surface area contributed by atoms with Gasteiger partial charge in [0, 0.05) is 13.0 Å². The summed E-state index contributed by atoms with van der Waals surface area (Å²) in [4.78, 5) is 14.7. The average molecular weight is 274 g/mol. The molecule has 1 fully saturated rings. The summed E-state index contributed by atoms with van der Waals surface area (Å²) in [5, 5.41) is 3.32. The van der Waals surface area contributed by atoms with Crippen LogP contribution in [0.4, 0.5) is 0 Å². The fourth-order valence-electron chi connectivity index (χ4n) is 3.20. The molecule has 1 amide bonds. The summed E-state index contributed by atoms with van der Waals surface area (Å²) in [6, 6.07) is 10.5. The number of carbonyl (C=O) groups excluding carboxylic acids is 1. The van der Waals surface area contributed by atoms with Gasteiger partial charge in [-0.1, -0.05) is 44.2 Å². The van der Waals surface area contributed by atoms with E-state index >= 15 is 0 Å². The largest absolute Gasteiger partial charge is 0.338 e. The molecule has 1 saturated heterocycles. The molecule has 1 aliphatic heterocycles. The summed E-state index contributed by atoms with van der Waals surface area (Å²) in [7, 11) is 1.96. The first kappa shape index (κ1) is 15.0. The second-order valence-electron chi connectivity index (χ2n) is 6.07. The van der Waals surface area contributed by atoms with Gasteiger partial charge in [-0.05, 0) is 37.4 Å². The number of hydrogen-bond donors (Lipinski definition) is 1. The van der Waals surface area contributed by atoms with Crippen molar-refractivity contribution in [3.05, 3.63) is 35.9 Å². The van der Waals surface area contributed by atoms with Crippen molar-refractivity contribution < 1.29 is 4.79 Å². The van der Waals surface area contributed by atoms with Crippen LogP contribution < -0.4 is 5.32 Å². The van der Waals surface area contributed by atoms with Gasteiger partial charge in [-0.25, -0.2) is 0 Å². The topological polar surface area (TPSA) is 32.3 Å². The van der Waals surface area contributed by atoms with Crippen LogP contribution in [0.1, 0.15) is 38.3 Å². The van der Waals surface area contributed by atoms with Gasteiger partial charge in [0.05, 0.1) is 6.04 Å². The van der Waals surface area contributed by atoms with Gasteiger partial charge >= 0.3 is 0 Å². The molecule has 0 aliphatic carbocycles. The van der Waals surface area contributed by atoms with Crippen LogP contribution in [-0.4, -0.2) is 30.9 Å².